The number of carbonyl (C=O) groups excluding carboxylic acids is 1. The highest BCUT2D eigenvalue weighted by Crippen LogP contribution is 2.26. The molecule has 23 heavy (non-hydrogen) atoms. The molecule has 0 radical (unpaired) electrons. The van der Waals surface area contributed by atoms with E-state index < -0.39 is 0 Å². The molecule has 1 aliphatic carbocycles. The normalized spacial score (nSPS) is 15.8. The van der Waals surface area contributed by atoms with Crippen LogP contribution in [-0.4, -0.2) is 18.5 Å². The second kappa shape index (κ2) is 6.63. The summed E-state index contributed by atoms with van der Waals surface area (Å²) >= 11 is 0. The molecule has 0 saturated carbocycles. The van der Waals surface area contributed by atoms with Crippen LogP contribution >= 0.6 is 12.4 Å². The molecule has 2 aliphatic rings. The lowest BCUT2D eigenvalue weighted by molar-refractivity contribution is 0.0937. The Hall–Kier alpha value is -2.00. The minimum absolute atomic E-state index is 0. The van der Waals surface area contributed by atoms with Crippen LogP contribution in [0.4, 0.5) is 5.69 Å². The van der Waals surface area contributed by atoms with Crippen molar-refractivity contribution in [2.75, 3.05) is 11.9 Å². The van der Waals surface area contributed by atoms with E-state index in [2.05, 4.69) is 41.0 Å². The van der Waals surface area contributed by atoms with Crippen molar-refractivity contribution in [1.29, 1.82) is 0 Å². The van der Waals surface area contributed by atoms with Crippen molar-refractivity contribution in [2.45, 2.75) is 31.7 Å². The van der Waals surface area contributed by atoms with Crippen LogP contribution in [-0.2, 0) is 19.3 Å². The van der Waals surface area contributed by atoms with Gasteiger partial charge in [0.1, 0.15) is 0 Å². The van der Waals surface area contributed by atoms with Gasteiger partial charge in [-0.1, -0.05) is 30.3 Å². The van der Waals surface area contributed by atoms with Gasteiger partial charge >= 0.3 is 0 Å². The summed E-state index contributed by atoms with van der Waals surface area (Å²) in [6.07, 6.45) is 3.95. The zero-order chi connectivity index (χ0) is 14.9. The minimum atomic E-state index is 0. The van der Waals surface area contributed by atoms with Gasteiger partial charge < -0.3 is 10.6 Å². The zero-order valence-corrected chi connectivity index (χ0v) is 13.8. The van der Waals surface area contributed by atoms with E-state index in [9.17, 15) is 4.79 Å². The molecule has 0 aromatic heterocycles. The molecule has 0 atom stereocenters. The van der Waals surface area contributed by atoms with Gasteiger partial charge in [0, 0.05) is 23.8 Å². The van der Waals surface area contributed by atoms with Crippen molar-refractivity contribution in [3.63, 3.8) is 0 Å². The average molecular weight is 329 g/mol. The molecule has 2 N–H and O–H groups in total. The second-order valence-electron chi connectivity index (χ2n) is 6.21. The van der Waals surface area contributed by atoms with E-state index in [1.807, 2.05) is 12.1 Å². The van der Waals surface area contributed by atoms with Crippen molar-refractivity contribution >= 4 is 24.0 Å². The first-order valence-electron chi connectivity index (χ1n) is 8.04. The number of hydrogen-bond acceptors (Lipinski definition) is 2. The summed E-state index contributed by atoms with van der Waals surface area (Å²) in [6.45, 7) is 0.996. The summed E-state index contributed by atoms with van der Waals surface area (Å²) in [5.74, 6) is 0.0679. The quantitative estimate of drug-likeness (QED) is 0.887. The molecule has 2 aromatic rings. The van der Waals surface area contributed by atoms with Gasteiger partial charge in [0.05, 0.1) is 0 Å². The molecule has 4 rings (SSSR count). The van der Waals surface area contributed by atoms with Gasteiger partial charge in [0.2, 0.25) is 0 Å². The summed E-state index contributed by atoms with van der Waals surface area (Å²) < 4.78 is 0. The summed E-state index contributed by atoms with van der Waals surface area (Å²) in [6, 6.07) is 14.7. The number of fused-ring (bicyclic) bond motifs is 2. The monoisotopic (exact) mass is 328 g/mol. The van der Waals surface area contributed by atoms with Gasteiger partial charge in [-0.25, -0.2) is 0 Å². The van der Waals surface area contributed by atoms with Crippen LogP contribution < -0.4 is 10.6 Å². The summed E-state index contributed by atoms with van der Waals surface area (Å²) in [5, 5.41) is 6.61. The smallest absolute Gasteiger partial charge is 0.251 e. The van der Waals surface area contributed by atoms with Crippen molar-refractivity contribution in [3.05, 3.63) is 64.7 Å². The molecular weight excluding hydrogens is 308 g/mol. The third-order valence-corrected chi connectivity index (χ3v) is 4.73. The van der Waals surface area contributed by atoms with Crippen molar-refractivity contribution in [3.8, 4) is 0 Å². The van der Waals surface area contributed by atoms with Gasteiger partial charge in [0.15, 0.2) is 0 Å². The van der Waals surface area contributed by atoms with E-state index >= 15 is 0 Å². The van der Waals surface area contributed by atoms with Gasteiger partial charge in [-0.15, -0.1) is 12.4 Å². The zero-order valence-electron chi connectivity index (χ0n) is 13.0. The number of nitrogens with one attached hydrogen (secondary N) is 2. The highest BCUT2D eigenvalue weighted by molar-refractivity contribution is 5.97. The number of benzene rings is 2. The lowest BCUT2D eigenvalue weighted by Crippen LogP contribution is -2.36. The van der Waals surface area contributed by atoms with Crippen LogP contribution in [0.1, 0.15) is 33.5 Å². The SMILES string of the molecule is Cl.O=C(NC1Cc2ccccc2C1)c1cccc2c1CCCN2. The fourth-order valence-electron chi connectivity index (χ4n) is 3.65. The molecule has 0 unspecified atom stereocenters. The maximum Gasteiger partial charge on any atom is 0.251 e. The third kappa shape index (κ3) is 3.06. The van der Waals surface area contributed by atoms with E-state index in [0.29, 0.717) is 0 Å². The van der Waals surface area contributed by atoms with Crippen LogP contribution in [0.25, 0.3) is 0 Å². The molecular formula is C19H21ClN2O. The molecule has 2 aromatic carbocycles. The number of hydrogen-bond donors (Lipinski definition) is 2. The number of amides is 1. The first-order valence-corrected chi connectivity index (χ1v) is 8.04. The Balaban J connectivity index is 0.00000156. The number of anilines is 1. The Morgan fingerprint density at radius 3 is 2.52 bits per heavy atom. The molecule has 0 bridgehead atoms. The van der Waals surface area contributed by atoms with Crippen LogP contribution in [0.5, 0.6) is 0 Å². The maximum absolute atomic E-state index is 12.7. The fraction of sp³-hybridized carbons (Fsp3) is 0.316. The van der Waals surface area contributed by atoms with Gasteiger partial charge in [-0.05, 0) is 54.5 Å². The first kappa shape index (κ1) is 15.9. The van der Waals surface area contributed by atoms with Crippen LogP contribution in [0, 0.1) is 0 Å². The molecule has 1 heterocycles. The van der Waals surface area contributed by atoms with E-state index in [4.69, 9.17) is 0 Å². The average Bonchev–Trinajstić information content (AvgIpc) is 2.96. The number of rotatable bonds is 2. The fourth-order valence-corrected chi connectivity index (χ4v) is 3.65. The van der Waals surface area contributed by atoms with E-state index in [-0.39, 0.29) is 24.4 Å². The molecule has 0 fully saturated rings. The standard InChI is InChI=1S/C19H20N2O.ClH/c22-19(17-7-3-9-18-16(17)8-4-10-20-18)21-15-11-13-5-1-2-6-14(13)12-15;/h1-3,5-7,9,15,20H,4,8,10-12H2,(H,21,22);1H. The molecule has 1 amide bonds. The van der Waals surface area contributed by atoms with Crippen molar-refractivity contribution in [2.24, 2.45) is 0 Å². The second-order valence-corrected chi connectivity index (χ2v) is 6.21. The van der Waals surface area contributed by atoms with Crippen LogP contribution in [0.2, 0.25) is 0 Å². The van der Waals surface area contributed by atoms with E-state index in [0.717, 1.165) is 43.5 Å². The molecule has 120 valence electrons. The summed E-state index contributed by atoms with van der Waals surface area (Å²) in [5.41, 5.74) is 5.85. The first-order chi connectivity index (χ1) is 10.8. The van der Waals surface area contributed by atoms with Crippen LogP contribution in [0.15, 0.2) is 42.5 Å². The minimum Gasteiger partial charge on any atom is -0.385 e. The molecule has 1 aliphatic heterocycles. The Kier molecular flexibility index (Phi) is 4.58. The van der Waals surface area contributed by atoms with Gasteiger partial charge in [0.25, 0.3) is 5.91 Å². The van der Waals surface area contributed by atoms with Crippen LogP contribution in [0.3, 0.4) is 0 Å². The largest absolute Gasteiger partial charge is 0.385 e. The molecule has 3 nitrogen and oxygen atoms in total. The Labute approximate surface area is 142 Å². The highest BCUT2D eigenvalue weighted by Gasteiger charge is 2.24. The Bertz CT molecular complexity index is 704. The Morgan fingerprint density at radius 1 is 1.04 bits per heavy atom. The number of halogens is 1. The molecule has 0 spiro atoms. The van der Waals surface area contributed by atoms with Gasteiger partial charge in [-0.2, -0.15) is 0 Å². The van der Waals surface area contributed by atoms with Crippen molar-refractivity contribution < 1.29 is 4.79 Å². The lowest BCUT2D eigenvalue weighted by Gasteiger charge is -2.21. The summed E-state index contributed by atoms with van der Waals surface area (Å²) in [7, 11) is 0. The lowest BCUT2D eigenvalue weighted by atomic mass is 9.97. The third-order valence-electron chi connectivity index (χ3n) is 4.73. The van der Waals surface area contributed by atoms with Gasteiger partial charge in [-0.3, -0.25) is 4.79 Å². The summed E-state index contributed by atoms with van der Waals surface area (Å²) in [4.78, 5) is 12.7. The highest BCUT2D eigenvalue weighted by atomic mass is 35.5. The Morgan fingerprint density at radius 2 is 1.78 bits per heavy atom. The maximum atomic E-state index is 12.7. The van der Waals surface area contributed by atoms with E-state index in [1.54, 1.807) is 0 Å². The predicted octanol–water partition coefficient (Wildman–Crippen LogP) is 3.36. The van der Waals surface area contributed by atoms with E-state index in [1.165, 1.54) is 16.7 Å². The number of carbonyl (C=O) groups is 1. The predicted molar refractivity (Wildman–Crippen MR) is 95.6 cm³/mol. The molecule has 0 saturated heterocycles. The van der Waals surface area contributed by atoms with Crippen molar-refractivity contribution in [1.82, 2.24) is 5.32 Å². The molecule has 4 heteroatoms. The topological polar surface area (TPSA) is 41.1 Å².